The van der Waals surface area contributed by atoms with E-state index in [4.69, 9.17) is 9.84 Å². The second-order valence-corrected chi connectivity index (χ2v) is 8.64. The minimum absolute atomic E-state index is 0.295. The fourth-order valence-corrected chi connectivity index (χ4v) is 4.04. The number of aromatic nitrogens is 2. The largest absolute Gasteiger partial charge is 0.439 e. The maximum atomic E-state index is 10.5. The van der Waals surface area contributed by atoms with Gasteiger partial charge in [0.1, 0.15) is 5.75 Å². The molecule has 1 atom stereocenters. The molecule has 0 aliphatic heterocycles. The molecule has 164 valence electrons. The molecule has 1 unspecified atom stereocenters. The van der Waals surface area contributed by atoms with Gasteiger partial charge in [-0.3, -0.25) is 4.90 Å². The number of rotatable bonds is 10. The van der Waals surface area contributed by atoms with E-state index in [1.54, 1.807) is 0 Å². The lowest BCUT2D eigenvalue weighted by molar-refractivity contribution is 0.0961. The van der Waals surface area contributed by atoms with Crippen LogP contribution in [0.15, 0.2) is 54.6 Å². The van der Waals surface area contributed by atoms with Gasteiger partial charge in [0.15, 0.2) is 0 Å². The average molecular weight is 420 g/mol. The van der Waals surface area contributed by atoms with Gasteiger partial charge in [0.2, 0.25) is 5.88 Å². The summed E-state index contributed by atoms with van der Waals surface area (Å²) in [6, 6.07) is 18.8. The van der Waals surface area contributed by atoms with Gasteiger partial charge in [0.25, 0.3) is 0 Å². The van der Waals surface area contributed by atoms with Gasteiger partial charge in [0.05, 0.1) is 23.0 Å². The second kappa shape index (κ2) is 9.67. The number of aliphatic hydroxyl groups is 1. The summed E-state index contributed by atoms with van der Waals surface area (Å²) in [6.45, 7) is 7.65. The smallest absolute Gasteiger partial charge is 0.227 e. The van der Waals surface area contributed by atoms with Crippen LogP contribution in [0.5, 0.6) is 11.6 Å². The maximum absolute atomic E-state index is 10.5. The van der Waals surface area contributed by atoms with Crippen LogP contribution in [0.3, 0.4) is 0 Å². The first kappa shape index (κ1) is 21.6. The number of hydrogen-bond acceptors (Lipinski definition) is 4. The van der Waals surface area contributed by atoms with Crippen LogP contribution < -0.4 is 4.74 Å². The summed E-state index contributed by atoms with van der Waals surface area (Å²) in [5.74, 6) is 1.56. The van der Waals surface area contributed by atoms with Crippen LogP contribution in [0, 0.1) is 13.8 Å². The lowest BCUT2D eigenvalue weighted by Crippen LogP contribution is -2.34. The second-order valence-electron chi connectivity index (χ2n) is 8.64. The molecule has 31 heavy (non-hydrogen) atoms. The van der Waals surface area contributed by atoms with Crippen molar-refractivity contribution >= 4 is 0 Å². The minimum atomic E-state index is -0.295. The minimum Gasteiger partial charge on any atom is -0.439 e. The van der Waals surface area contributed by atoms with Crippen LogP contribution in [0.2, 0.25) is 0 Å². The number of nitrogens with zero attached hydrogens (tertiary/aromatic N) is 3. The van der Waals surface area contributed by atoms with Crippen molar-refractivity contribution in [2.45, 2.75) is 65.1 Å². The summed E-state index contributed by atoms with van der Waals surface area (Å²) in [5, 5.41) is 15.3. The van der Waals surface area contributed by atoms with E-state index in [0.717, 1.165) is 53.5 Å². The molecule has 1 N–H and O–H groups in total. The highest BCUT2D eigenvalue weighted by atomic mass is 16.5. The van der Waals surface area contributed by atoms with Gasteiger partial charge in [0, 0.05) is 19.1 Å². The van der Waals surface area contributed by atoms with E-state index in [9.17, 15) is 5.11 Å². The molecule has 1 aromatic heterocycles. The first-order valence-corrected chi connectivity index (χ1v) is 11.4. The molecule has 2 aromatic carbocycles. The molecule has 0 saturated heterocycles. The van der Waals surface area contributed by atoms with Crippen molar-refractivity contribution in [1.29, 1.82) is 0 Å². The lowest BCUT2D eigenvalue weighted by atomic mass is 10.1. The zero-order valence-corrected chi connectivity index (χ0v) is 18.8. The van der Waals surface area contributed by atoms with Crippen LogP contribution in [-0.2, 0) is 6.54 Å². The predicted molar refractivity (Wildman–Crippen MR) is 124 cm³/mol. The molecule has 5 nitrogen and oxygen atoms in total. The van der Waals surface area contributed by atoms with E-state index in [1.807, 2.05) is 60.1 Å². The Hall–Kier alpha value is -2.63. The molecule has 4 rings (SSSR count). The quantitative estimate of drug-likeness (QED) is 0.478. The molecule has 1 aliphatic carbocycles. The fraction of sp³-hybridized carbons (Fsp3) is 0.423. The molecule has 1 fully saturated rings. The summed E-state index contributed by atoms with van der Waals surface area (Å²) in [4.78, 5) is 2.41. The van der Waals surface area contributed by atoms with Crippen molar-refractivity contribution in [1.82, 2.24) is 14.7 Å². The van der Waals surface area contributed by atoms with Crippen molar-refractivity contribution in [2.24, 2.45) is 0 Å². The third-order valence-electron chi connectivity index (χ3n) is 5.83. The normalized spacial score (nSPS) is 14.7. The average Bonchev–Trinajstić information content (AvgIpc) is 3.55. The highest BCUT2D eigenvalue weighted by Crippen LogP contribution is 2.35. The monoisotopic (exact) mass is 419 g/mol. The van der Waals surface area contributed by atoms with Gasteiger partial charge < -0.3 is 9.84 Å². The van der Waals surface area contributed by atoms with Crippen LogP contribution in [0.1, 0.15) is 49.4 Å². The van der Waals surface area contributed by atoms with E-state index in [0.29, 0.717) is 12.6 Å². The number of para-hydroxylation sites is 1. The molecule has 1 aliphatic rings. The Kier molecular flexibility index (Phi) is 6.73. The van der Waals surface area contributed by atoms with Crippen LogP contribution in [0.4, 0.5) is 0 Å². The van der Waals surface area contributed by atoms with Gasteiger partial charge >= 0.3 is 0 Å². The van der Waals surface area contributed by atoms with E-state index < -0.39 is 0 Å². The molecule has 3 aromatic rings. The van der Waals surface area contributed by atoms with Crippen LogP contribution >= 0.6 is 0 Å². The SMILES string of the molecule is CCCC(O)CN(Cc1c(C)nn(-c2ccccc2)c1Oc1cccc(C)c1)C1CC1. The van der Waals surface area contributed by atoms with Crippen molar-refractivity contribution in [3.05, 3.63) is 71.4 Å². The molecule has 0 radical (unpaired) electrons. The Morgan fingerprint density at radius 1 is 1.13 bits per heavy atom. The predicted octanol–water partition coefficient (Wildman–Crippen LogP) is 5.41. The van der Waals surface area contributed by atoms with Crippen molar-refractivity contribution < 1.29 is 9.84 Å². The van der Waals surface area contributed by atoms with E-state index in [-0.39, 0.29) is 6.10 Å². The number of ether oxygens (including phenoxy) is 1. The van der Waals surface area contributed by atoms with Crippen LogP contribution in [0.25, 0.3) is 5.69 Å². The number of benzene rings is 2. The van der Waals surface area contributed by atoms with Gasteiger partial charge in [-0.15, -0.1) is 0 Å². The number of aliphatic hydroxyl groups excluding tert-OH is 1. The molecular weight excluding hydrogens is 386 g/mol. The molecule has 5 heteroatoms. The topological polar surface area (TPSA) is 50.5 Å². The van der Waals surface area contributed by atoms with Gasteiger partial charge in [-0.1, -0.05) is 43.7 Å². The highest BCUT2D eigenvalue weighted by Gasteiger charge is 2.32. The Labute approximate surface area is 185 Å². The summed E-state index contributed by atoms with van der Waals surface area (Å²) in [6.07, 6.45) is 3.92. The summed E-state index contributed by atoms with van der Waals surface area (Å²) >= 11 is 0. The summed E-state index contributed by atoms with van der Waals surface area (Å²) in [7, 11) is 0. The zero-order valence-electron chi connectivity index (χ0n) is 18.8. The fourth-order valence-electron chi connectivity index (χ4n) is 4.04. The Morgan fingerprint density at radius 3 is 2.58 bits per heavy atom. The number of hydrogen-bond donors (Lipinski definition) is 1. The molecule has 1 heterocycles. The van der Waals surface area contributed by atoms with Crippen LogP contribution in [-0.4, -0.2) is 38.5 Å². The molecule has 1 saturated carbocycles. The Bertz CT molecular complexity index is 995. The summed E-state index contributed by atoms with van der Waals surface area (Å²) < 4.78 is 8.36. The molecule has 0 amide bonds. The first-order chi connectivity index (χ1) is 15.0. The third-order valence-corrected chi connectivity index (χ3v) is 5.83. The van der Waals surface area contributed by atoms with E-state index in [1.165, 1.54) is 12.8 Å². The third kappa shape index (κ3) is 5.35. The van der Waals surface area contributed by atoms with Gasteiger partial charge in [-0.25, -0.2) is 4.68 Å². The highest BCUT2D eigenvalue weighted by molar-refractivity contribution is 5.43. The Balaban J connectivity index is 1.69. The maximum Gasteiger partial charge on any atom is 0.227 e. The standard InChI is InChI=1S/C26H33N3O2/c1-4-9-23(30)17-28(21-14-15-21)18-25-20(3)27-29(22-11-6-5-7-12-22)26(25)31-24-13-8-10-19(2)16-24/h5-8,10-13,16,21,23,30H,4,9,14-15,17-18H2,1-3H3. The summed E-state index contributed by atoms with van der Waals surface area (Å²) in [5.41, 5.74) is 4.18. The van der Waals surface area contributed by atoms with E-state index in [2.05, 4.69) is 24.8 Å². The van der Waals surface area contributed by atoms with Gasteiger partial charge in [-0.05, 0) is 62.9 Å². The van der Waals surface area contributed by atoms with Crippen molar-refractivity contribution in [2.75, 3.05) is 6.54 Å². The molecule has 0 spiro atoms. The number of aryl methyl sites for hydroxylation is 2. The lowest BCUT2D eigenvalue weighted by Gasteiger charge is -2.25. The molecular formula is C26H33N3O2. The Morgan fingerprint density at radius 2 is 1.90 bits per heavy atom. The van der Waals surface area contributed by atoms with E-state index >= 15 is 0 Å². The van der Waals surface area contributed by atoms with Gasteiger partial charge in [-0.2, -0.15) is 5.10 Å². The van der Waals surface area contributed by atoms with Crippen molar-refractivity contribution in [3.8, 4) is 17.3 Å². The zero-order chi connectivity index (χ0) is 21.8. The molecule has 0 bridgehead atoms. The first-order valence-electron chi connectivity index (χ1n) is 11.4. The van der Waals surface area contributed by atoms with Crippen molar-refractivity contribution in [3.63, 3.8) is 0 Å².